The molecule has 0 aliphatic carbocycles. The lowest BCUT2D eigenvalue weighted by molar-refractivity contribution is -0.138. The zero-order valence-electron chi connectivity index (χ0n) is 9.45. The van der Waals surface area contributed by atoms with E-state index in [9.17, 15) is 9.59 Å². The van der Waals surface area contributed by atoms with E-state index >= 15 is 0 Å². The van der Waals surface area contributed by atoms with E-state index < -0.39 is 5.97 Å². The van der Waals surface area contributed by atoms with E-state index in [0.717, 1.165) is 13.0 Å². The largest absolute Gasteiger partial charge is 0.480 e. The van der Waals surface area contributed by atoms with Crippen LogP contribution in [0.1, 0.15) is 26.2 Å². The smallest absolute Gasteiger partial charge is 0.317 e. The van der Waals surface area contributed by atoms with E-state index in [4.69, 9.17) is 5.11 Å². The number of nitrogens with one attached hydrogen (secondary N) is 1. The Labute approximate surface area is 90.5 Å². The first kappa shape index (κ1) is 13.9. The Morgan fingerprint density at radius 3 is 2.47 bits per heavy atom. The van der Waals surface area contributed by atoms with Crippen molar-refractivity contribution in [3.63, 3.8) is 0 Å². The van der Waals surface area contributed by atoms with Crippen LogP contribution in [0.2, 0.25) is 0 Å². The van der Waals surface area contributed by atoms with Gasteiger partial charge in [-0.2, -0.15) is 0 Å². The van der Waals surface area contributed by atoms with E-state index in [1.807, 2.05) is 11.8 Å². The van der Waals surface area contributed by atoms with Crippen LogP contribution in [-0.2, 0) is 9.59 Å². The van der Waals surface area contributed by atoms with Crippen LogP contribution < -0.4 is 5.32 Å². The molecule has 0 aromatic carbocycles. The van der Waals surface area contributed by atoms with Gasteiger partial charge in [-0.25, -0.2) is 0 Å². The molecule has 15 heavy (non-hydrogen) atoms. The molecule has 0 saturated carbocycles. The van der Waals surface area contributed by atoms with Crippen LogP contribution in [0.4, 0.5) is 0 Å². The zero-order chi connectivity index (χ0) is 11.7. The van der Waals surface area contributed by atoms with Crippen molar-refractivity contribution in [3.8, 4) is 0 Å². The van der Waals surface area contributed by atoms with E-state index in [1.165, 1.54) is 0 Å². The van der Waals surface area contributed by atoms with Gasteiger partial charge in [-0.1, -0.05) is 6.92 Å². The van der Waals surface area contributed by atoms with Gasteiger partial charge < -0.3 is 10.4 Å². The van der Waals surface area contributed by atoms with Crippen LogP contribution in [0.3, 0.4) is 0 Å². The Balaban J connectivity index is 3.74. The number of carboxylic acid groups (broad SMARTS) is 1. The lowest BCUT2D eigenvalue weighted by atomic mass is 10.2. The predicted molar refractivity (Wildman–Crippen MR) is 57.7 cm³/mol. The molecule has 0 rings (SSSR count). The molecule has 0 fully saturated rings. The van der Waals surface area contributed by atoms with Gasteiger partial charge in [0, 0.05) is 13.5 Å². The van der Waals surface area contributed by atoms with Gasteiger partial charge in [0.1, 0.15) is 0 Å². The molecule has 0 atom stereocenters. The van der Waals surface area contributed by atoms with Crippen molar-refractivity contribution in [2.24, 2.45) is 0 Å². The molecule has 0 spiro atoms. The van der Waals surface area contributed by atoms with Crippen LogP contribution in [0.5, 0.6) is 0 Å². The summed E-state index contributed by atoms with van der Waals surface area (Å²) in [5.74, 6) is -0.815. The third-order valence-electron chi connectivity index (χ3n) is 2.06. The number of amides is 1. The van der Waals surface area contributed by atoms with Crippen molar-refractivity contribution in [1.29, 1.82) is 0 Å². The summed E-state index contributed by atoms with van der Waals surface area (Å²) in [4.78, 5) is 23.3. The molecule has 0 bridgehead atoms. The molecule has 0 aromatic rings. The first-order valence-corrected chi connectivity index (χ1v) is 5.24. The van der Waals surface area contributed by atoms with E-state index in [-0.39, 0.29) is 12.5 Å². The summed E-state index contributed by atoms with van der Waals surface area (Å²) in [6.07, 6.45) is 2.08. The first-order valence-electron chi connectivity index (χ1n) is 5.24. The monoisotopic (exact) mass is 216 g/mol. The second-order valence-electron chi connectivity index (χ2n) is 3.45. The zero-order valence-corrected chi connectivity index (χ0v) is 9.45. The Morgan fingerprint density at radius 1 is 1.33 bits per heavy atom. The Morgan fingerprint density at radius 2 is 2.00 bits per heavy atom. The van der Waals surface area contributed by atoms with Crippen molar-refractivity contribution in [3.05, 3.63) is 0 Å². The highest BCUT2D eigenvalue weighted by Gasteiger charge is 2.08. The Hall–Kier alpha value is -1.10. The maximum absolute atomic E-state index is 10.9. The SMILES string of the molecule is CCCN(CCCC(=O)NC)CC(=O)O. The molecular weight excluding hydrogens is 196 g/mol. The molecule has 88 valence electrons. The average Bonchev–Trinajstić information content (AvgIpc) is 2.16. The van der Waals surface area contributed by atoms with E-state index in [0.29, 0.717) is 19.4 Å². The molecule has 2 N–H and O–H groups in total. The molecule has 5 nitrogen and oxygen atoms in total. The van der Waals surface area contributed by atoms with Gasteiger partial charge in [-0.05, 0) is 25.9 Å². The summed E-state index contributed by atoms with van der Waals surface area (Å²) in [7, 11) is 1.60. The second kappa shape index (κ2) is 8.23. The average molecular weight is 216 g/mol. The number of carbonyl (C=O) groups is 2. The number of carboxylic acids is 1. The summed E-state index contributed by atoms with van der Waals surface area (Å²) in [6.45, 7) is 3.49. The lowest BCUT2D eigenvalue weighted by Crippen LogP contribution is -2.32. The minimum atomic E-state index is -0.816. The van der Waals surface area contributed by atoms with Gasteiger partial charge in [0.2, 0.25) is 5.91 Å². The second-order valence-corrected chi connectivity index (χ2v) is 3.45. The molecule has 0 heterocycles. The van der Waals surface area contributed by atoms with Crippen LogP contribution in [-0.4, -0.2) is 48.6 Å². The molecule has 0 aliphatic heterocycles. The van der Waals surface area contributed by atoms with Crippen molar-refractivity contribution < 1.29 is 14.7 Å². The normalized spacial score (nSPS) is 10.3. The van der Waals surface area contributed by atoms with Crippen LogP contribution in [0, 0.1) is 0 Å². The minimum Gasteiger partial charge on any atom is -0.480 e. The first-order chi connectivity index (χ1) is 7.10. The summed E-state index contributed by atoms with van der Waals surface area (Å²) < 4.78 is 0. The number of hydrogen-bond acceptors (Lipinski definition) is 3. The van der Waals surface area contributed by atoms with E-state index in [1.54, 1.807) is 7.05 Å². The fourth-order valence-electron chi connectivity index (χ4n) is 1.37. The summed E-state index contributed by atoms with van der Waals surface area (Å²) >= 11 is 0. The maximum Gasteiger partial charge on any atom is 0.317 e. The van der Waals surface area contributed by atoms with Crippen molar-refractivity contribution in [1.82, 2.24) is 10.2 Å². The van der Waals surface area contributed by atoms with Gasteiger partial charge in [0.25, 0.3) is 0 Å². The summed E-state index contributed by atoms with van der Waals surface area (Å²) in [6, 6.07) is 0. The molecule has 0 aliphatic rings. The highest BCUT2D eigenvalue weighted by Crippen LogP contribution is 1.97. The topological polar surface area (TPSA) is 69.6 Å². The highest BCUT2D eigenvalue weighted by atomic mass is 16.4. The standard InChI is InChI=1S/C10H20N2O3/c1-3-6-12(8-10(14)15)7-4-5-9(13)11-2/h3-8H2,1-2H3,(H,11,13)(H,14,15). The van der Waals surface area contributed by atoms with E-state index in [2.05, 4.69) is 5.32 Å². The number of nitrogens with zero attached hydrogens (tertiary/aromatic N) is 1. The number of aliphatic carboxylic acids is 1. The Bertz CT molecular complexity index is 207. The van der Waals surface area contributed by atoms with Gasteiger partial charge in [-0.3, -0.25) is 14.5 Å². The third kappa shape index (κ3) is 7.93. The van der Waals surface area contributed by atoms with Crippen LogP contribution >= 0.6 is 0 Å². The van der Waals surface area contributed by atoms with Gasteiger partial charge >= 0.3 is 5.97 Å². The number of rotatable bonds is 8. The molecule has 0 aromatic heterocycles. The summed E-state index contributed by atoms with van der Waals surface area (Å²) in [5, 5.41) is 11.2. The molecule has 5 heteroatoms. The third-order valence-corrected chi connectivity index (χ3v) is 2.06. The van der Waals surface area contributed by atoms with Gasteiger partial charge in [0.05, 0.1) is 6.54 Å². The maximum atomic E-state index is 10.9. The van der Waals surface area contributed by atoms with Crippen LogP contribution in [0.25, 0.3) is 0 Å². The number of hydrogen-bond donors (Lipinski definition) is 2. The fraction of sp³-hybridized carbons (Fsp3) is 0.800. The quantitative estimate of drug-likeness (QED) is 0.612. The predicted octanol–water partition coefficient (Wildman–Crippen LogP) is 0.309. The fourth-order valence-corrected chi connectivity index (χ4v) is 1.37. The summed E-state index contributed by atoms with van der Waals surface area (Å²) in [5.41, 5.74) is 0. The Kier molecular flexibility index (Phi) is 7.62. The van der Waals surface area contributed by atoms with Crippen molar-refractivity contribution >= 4 is 11.9 Å². The van der Waals surface area contributed by atoms with Crippen LogP contribution in [0.15, 0.2) is 0 Å². The minimum absolute atomic E-state index is 0.00164. The lowest BCUT2D eigenvalue weighted by Gasteiger charge is -2.18. The molecule has 0 saturated heterocycles. The van der Waals surface area contributed by atoms with Gasteiger partial charge in [0.15, 0.2) is 0 Å². The molecule has 0 unspecified atom stereocenters. The number of carbonyl (C=O) groups excluding carboxylic acids is 1. The van der Waals surface area contributed by atoms with Crippen molar-refractivity contribution in [2.75, 3.05) is 26.7 Å². The van der Waals surface area contributed by atoms with Gasteiger partial charge in [-0.15, -0.1) is 0 Å². The highest BCUT2D eigenvalue weighted by molar-refractivity contribution is 5.75. The molecular formula is C10H20N2O3. The molecule has 1 amide bonds. The van der Waals surface area contributed by atoms with Crippen molar-refractivity contribution in [2.45, 2.75) is 26.2 Å². The molecule has 0 radical (unpaired) electrons.